The lowest BCUT2D eigenvalue weighted by molar-refractivity contribution is 0.955. The fourth-order valence-electron chi connectivity index (χ4n) is 5.64. The van der Waals surface area contributed by atoms with Gasteiger partial charge in [-0.15, -0.1) is 0 Å². The third-order valence-corrected chi connectivity index (χ3v) is 7.37. The minimum absolute atomic E-state index is 0.592. The number of aromatic nitrogens is 5. The number of rotatable bonds is 4. The van der Waals surface area contributed by atoms with E-state index < -0.39 is 0 Å². The predicted octanol–water partition coefficient (Wildman–Crippen LogP) is 8.25. The van der Waals surface area contributed by atoms with E-state index in [-0.39, 0.29) is 0 Å². The van der Waals surface area contributed by atoms with Gasteiger partial charge in [0.1, 0.15) is 0 Å². The highest BCUT2D eigenvalue weighted by atomic mass is 15.2. The summed E-state index contributed by atoms with van der Waals surface area (Å²) in [6, 6.07) is 47.8. The molecule has 0 aliphatic heterocycles. The summed E-state index contributed by atoms with van der Waals surface area (Å²) in [5.74, 6) is 1.87. The zero-order valence-corrected chi connectivity index (χ0v) is 21.5. The summed E-state index contributed by atoms with van der Waals surface area (Å²) in [4.78, 5) is 15.1. The molecule has 0 saturated carbocycles. The molecule has 0 fully saturated rings. The van der Waals surface area contributed by atoms with Gasteiger partial charge in [-0.1, -0.05) is 115 Å². The molecular weight excluding hydrogens is 490 g/mol. The highest BCUT2D eigenvalue weighted by Gasteiger charge is 2.23. The smallest absolute Gasteiger partial charge is 0.238 e. The average molecular weight is 514 g/mol. The van der Waals surface area contributed by atoms with Crippen molar-refractivity contribution >= 4 is 32.8 Å². The molecule has 8 rings (SSSR count). The normalized spacial score (nSPS) is 11.5. The summed E-state index contributed by atoms with van der Waals surface area (Å²) < 4.78 is 4.55. The van der Waals surface area contributed by atoms with Gasteiger partial charge in [0.15, 0.2) is 11.6 Å². The molecule has 0 N–H and O–H groups in total. The van der Waals surface area contributed by atoms with E-state index in [9.17, 15) is 0 Å². The van der Waals surface area contributed by atoms with E-state index in [2.05, 4.69) is 88.0 Å². The Kier molecular flexibility index (Phi) is 5.07. The molecule has 0 amide bonds. The van der Waals surface area contributed by atoms with Crippen molar-refractivity contribution in [2.45, 2.75) is 0 Å². The van der Waals surface area contributed by atoms with E-state index >= 15 is 0 Å². The summed E-state index contributed by atoms with van der Waals surface area (Å²) >= 11 is 0. The van der Waals surface area contributed by atoms with Crippen molar-refractivity contribution < 1.29 is 0 Å². The fourth-order valence-corrected chi connectivity index (χ4v) is 5.64. The van der Waals surface area contributed by atoms with E-state index in [0.717, 1.165) is 49.7 Å². The third-order valence-electron chi connectivity index (χ3n) is 7.37. The first kappa shape index (κ1) is 22.4. The number of hydrogen-bond donors (Lipinski definition) is 0. The maximum absolute atomic E-state index is 5.09. The Morgan fingerprint density at radius 3 is 1.35 bits per heavy atom. The van der Waals surface area contributed by atoms with Crippen LogP contribution in [0.1, 0.15) is 0 Å². The molecule has 0 saturated heterocycles. The second-order valence-corrected chi connectivity index (χ2v) is 9.75. The van der Waals surface area contributed by atoms with Crippen LogP contribution in [0.15, 0.2) is 140 Å². The maximum Gasteiger partial charge on any atom is 0.238 e. The van der Waals surface area contributed by atoms with Gasteiger partial charge in [0, 0.05) is 27.6 Å². The van der Waals surface area contributed by atoms with Crippen LogP contribution in [0.2, 0.25) is 0 Å². The number of benzene rings is 5. The molecule has 3 heterocycles. The van der Waals surface area contributed by atoms with Crippen molar-refractivity contribution in [1.82, 2.24) is 24.1 Å². The van der Waals surface area contributed by atoms with Gasteiger partial charge in [-0.3, -0.25) is 4.57 Å². The fraction of sp³-hybridized carbons (Fsp3) is 0. The van der Waals surface area contributed by atoms with Crippen molar-refractivity contribution in [2.75, 3.05) is 0 Å². The zero-order valence-electron chi connectivity index (χ0n) is 21.5. The van der Waals surface area contributed by atoms with Crippen molar-refractivity contribution in [3.63, 3.8) is 0 Å². The van der Waals surface area contributed by atoms with Crippen molar-refractivity contribution in [1.29, 1.82) is 0 Å². The SMILES string of the molecule is c1ccc(-c2nc(-c3ccccc3)nc(-n3c4ccccc4c4c3c3ccccc3n4-c3ccccc3)n2)cc1. The standard InChI is InChI=1S/C35H23N5/c1-4-14-24(15-5-1)33-36-34(25-16-6-2-7-17-25)38-35(37-33)40-30-23-13-11-21-28(30)31-32(40)27-20-10-12-22-29(27)39(31)26-18-8-3-9-19-26/h1-23H. The van der Waals surface area contributed by atoms with E-state index in [0.29, 0.717) is 17.6 Å². The minimum atomic E-state index is 0.592. The Hall–Kier alpha value is -5.55. The number of fused-ring (bicyclic) bond motifs is 5. The molecular formula is C35H23N5. The Bertz CT molecular complexity index is 2080. The summed E-state index contributed by atoms with van der Waals surface area (Å²) in [5, 5.41) is 2.28. The maximum atomic E-state index is 5.09. The molecule has 0 bridgehead atoms. The van der Waals surface area contributed by atoms with Crippen LogP contribution < -0.4 is 0 Å². The molecule has 0 spiro atoms. The Labute approximate surface area is 230 Å². The van der Waals surface area contributed by atoms with Gasteiger partial charge in [-0.25, -0.2) is 4.98 Å². The quantitative estimate of drug-likeness (QED) is 0.238. The second-order valence-electron chi connectivity index (χ2n) is 9.75. The van der Waals surface area contributed by atoms with Crippen LogP contribution in [0.5, 0.6) is 0 Å². The molecule has 0 aliphatic carbocycles. The van der Waals surface area contributed by atoms with Crippen LogP contribution in [0.25, 0.3) is 67.3 Å². The van der Waals surface area contributed by atoms with Crippen LogP contribution in [-0.4, -0.2) is 24.1 Å². The molecule has 188 valence electrons. The Morgan fingerprint density at radius 2 is 0.800 bits per heavy atom. The van der Waals surface area contributed by atoms with Gasteiger partial charge < -0.3 is 4.57 Å². The largest absolute Gasteiger partial charge is 0.307 e. The molecule has 8 aromatic rings. The van der Waals surface area contributed by atoms with Crippen molar-refractivity contribution in [3.8, 4) is 34.4 Å². The first-order valence-corrected chi connectivity index (χ1v) is 13.3. The molecule has 5 aromatic carbocycles. The van der Waals surface area contributed by atoms with Gasteiger partial charge >= 0.3 is 0 Å². The summed E-state index contributed by atoms with van der Waals surface area (Å²) in [6.07, 6.45) is 0. The lowest BCUT2D eigenvalue weighted by atomic mass is 10.2. The molecule has 3 aromatic heterocycles. The first-order valence-electron chi connectivity index (χ1n) is 13.3. The van der Waals surface area contributed by atoms with Crippen LogP contribution in [0.4, 0.5) is 0 Å². The predicted molar refractivity (Wildman–Crippen MR) is 162 cm³/mol. The minimum Gasteiger partial charge on any atom is -0.307 e. The van der Waals surface area contributed by atoms with E-state index in [1.165, 1.54) is 0 Å². The summed E-state index contributed by atoms with van der Waals surface area (Å²) in [7, 11) is 0. The first-order chi connectivity index (χ1) is 19.9. The second kappa shape index (κ2) is 9.03. The van der Waals surface area contributed by atoms with Crippen LogP contribution in [0, 0.1) is 0 Å². The summed E-state index contributed by atoms with van der Waals surface area (Å²) in [5.41, 5.74) is 7.40. The molecule has 0 aliphatic rings. The van der Waals surface area contributed by atoms with Crippen LogP contribution in [-0.2, 0) is 0 Å². The number of nitrogens with zero attached hydrogens (tertiary/aromatic N) is 5. The number of para-hydroxylation sites is 3. The summed E-state index contributed by atoms with van der Waals surface area (Å²) in [6.45, 7) is 0. The topological polar surface area (TPSA) is 48.5 Å². The van der Waals surface area contributed by atoms with Crippen LogP contribution in [0.3, 0.4) is 0 Å². The third kappa shape index (κ3) is 3.45. The van der Waals surface area contributed by atoms with Crippen LogP contribution >= 0.6 is 0 Å². The highest BCUT2D eigenvalue weighted by molar-refractivity contribution is 6.19. The van der Waals surface area contributed by atoms with Gasteiger partial charge in [0.25, 0.3) is 0 Å². The van der Waals surface area contributed by atoms with Gasteiger partial charge in [-0.2, -0.15) is 9.97 Å². The van der Waals surface area contributed by atoms with Crippen molar-refractivity contribution in [2.24, 2.45) is 0 Å². The molecule has 0 radical (unpaired) electrons. The molecule has 5 heteroatoms. The van der Waals surface area contributed by atoms with Gasteiger partial charge in [0.05, 0.1) is 22.1 Å². The Morgan fingerprint density at radius 1 is 0.375 bits per heavy atom. The lowest BCUT2D eigenvalue weighted by Gasteiger charge is -2.11. The molecule has 0 unspecified atom stereocenters. The molecule has 0 atom stereocenters. The molecule has 5 nitrogen and oxygen atoms in total. The average Bonchev–Trinajstić information content (AvgIpc) is 3.55. The van der Waals surface area contributed by atoms with Gasteiger partial charge in [0.2, 0.25) is 5.95 Å². The Balaban J connectivity index is 1.53. The number of hydrogen-bond acceptors (Lipinski definition) is 3. The monoisotopic (exact) mass is 513 g/mol. The zero-order chi connectivity index (χ0) is 26.5. The van der Waals surface area contributed by atoms with E-state index in [1.807, 2.05) is 60.7 Å². The van der Waals surface area contributed by atoms with Crippen molar-refractivity contribution in [3.05, 3.63) is 140 Å². The van der Waals surface area contributed by atoms with Gasteiger partial charge in [-0.05, 0) is 24.3 Å². The highest BCUT2D eigenvalue weighted by Crippen LogP contribution is 2.40. The molecule has 40 heavy (non-hydrogen) atoms. The lowest BCUT2D eigenvalue weighted by Crippen LogP contribution is -2.06. The van der Waals surface area contributed by atoms with E-state index in [1.54, 1.807) is 0 Å². The van der Waals surface area contributed by atoms with E-state index in [4.69, 9.17) is 15.0 Å².